The molecule has 3 fully saturated rings. The van der Waals surface area contributed by atoms with E-state index in [1.165, 1.54) is 12.3 Å². The SMILES string of the molecule is Cc1cc(F)cnc1-c1cn(C2CC(CNc3cccc4c3C(=O)N(C3CCC(=O)NC3=O)C4=O)C2)nc1C1CC1. The lowest BCUT2D eigenvalue weighted by atomic mass is 9.80. The average Bonchev–Trinajstić information content (AvgIpc) is 3.62. The molecule has 0 radical (unpaired) electrons. The molecule has 2 N–H and O–H groups in total. The molecule has 1 aromatic carbocycles. The van der Waals surface area contributed by atoms with Gasteiger partial charge in [-0.25, -0.2) is 4.39 Å². The number of aryl methyl sites for hydroxylation is 1. The standard InChI is InChI=1S/C30H29FN6O4/c1-15-9-18(31)13-33-26(15)21-14-36(35-27(21)17-5-6-17)19-10-16(11-19)12-32-22-4-2-3-20-25(22)30(41)37(29(20)40)23-7-8-24(38)34-28(23)39/h2-4,9,13-14,16-17,19,23,32H,5-8,10-12H2,1H3,(H,34,38,39). The number of imide groups is 2. The fourth-order valence-corrected chi connectivity index (χ4v) is 6.26. The van der Waals surface area contributed by atoms with Gasteiger partial charge in [0.25, 0.3) is 11.8 Å². The number of nitrogens with one attached hydrogen (secondary N) is 2. The maximum Gasteiger partial charge on any atom is 0.264 e. The van der Waals surface area contributed by atoms with Crippen LogP contribution in [0.25, 0.3) is 11.3 Å². The molecule has 2 saturated carbocycles. The third kappa shape index (κ3) is 4.39. The van der Waals surface area contributed by atoms with E-state index in [-0.39, 0.29) is 35.8 Å². The number of hydrogen-bond donors (Lipinski definition) is 2. The Hall–Kier alpha value is -4.41. The highest BCUT2D eigenvalue weighted by Crippen LogP contribution is 2.46. The van der Waals surface area contributed by atoms with Crippen molar-refractivity contribution in [2.75, 3.05) is 11.9 Å². The molecule has 210 valence electrons. The molecule has 3 aromatic rings. The molecule has 2 aliphatic heterocycles. The number of aromatic nitrogens is 3. The minimum Gasteiger partial charge on any atom is -0.384 e. The highest BCUT2D eigenvalue weighted by molar-refractivity contribution is 6.25. The van der Waals surface area contributed by atoms with Crippen LogP contribution in [-0.2, 0) is 9.59 Å². The fraction of sp³-hybridized carbons (Fsp3) is 0.400. The second-order valence-electron chi connectivity index (χ2n) is 11.5. The first-order chi connectivity index (χ1) is 19.8. The second kappa shape index (κ2) is 9.60. The van der Waals surface area contributed by atoms with Gasteiger partial charge in [0.2, 0.25) is 11.8 Å². The number of carbonyl (C=O) groups is 4. The zero-order valence-electron chi connectivity index (χ0n) is 22.5. The Morgan fingerprint density at radius 3 is 2.61 bits per heavy atom. The quantitative estimate of drug-likeness (QED) is 0.425. The highest BCUT2D eigenvalue weighted by atomic mass is 19.1. The largest absolute Gasteiger partial charge is 0.384 e. The van der Waals surface area contributed by atoms with Crippen LogP contribution in [0.1, 0.15) is 82.5 Å². The molecule has 0 bridgehead atoms. The van der Waals surface area contributed by atoms with Crippen LogP contribution in [0.15, 0.2) is 36.7 Å². The van der Waals surface area contributed by atoms with Gasteiger partial charge in [-0.15, -0.1) is 0 Å². The predicted molar refractivity (Wildman–Crippen MR) is 145 cm³/mol. The van der Waals surface area contributed by atoms with Crippen LogP contribution in [0.3, 0.4) is 0 Å². The van der Waals surface area contributed by atoms with Crippen molar-refractivity contribution in [3.63, 3.8) is 0 Å². The fourth-order valence-electron chi connectivity index (χ4n) is 6.26. The van der Waals surface area contributed by atoms with Crippen LogP contribution in [0, 0.1) is 18.7 Å². The first kappa shape index (κ1) is 25.6. The molecular formula is C30H29FN6O4. The summed E-state index contributed by atoms with van der Waals surface area (Å²) < 4.78 is 15.7. The molecule has 10 nitrogen and oxygen atoms in total. The minimum absolute atomic E-state index is 0.0810. The predicted octanol–water partition coefficient (Wildman–Crippen LogP) is 3.73. The van der Waals surface area contributed by atoms with E-state index in [1.54, 1.807) is 18.2 Å². The van der Waals surface area contributed by atoms with Gasteiger partial charge in [0.15, 0.2) is 0 Å². The number of pyridine rings is 1. The second-order valence-corrected chi connectivity index (χ2v) is 11.5. The Morgan fingerprint density at radius 2 is 1.88 bits per heavy atom. The monoisotopic (exact) mass is 556 g/mol. The number of piperidine rings is 1. The summed E-state index contributed by atoms with van der Waals surface area (Å²) in [7, 11) is 0. The van der Waals surface area contributed by atoms with E-state index in [4.69, 9.17) is 5.10 Å². The third-order valence-electron chi connectivity index (χ3n) is 8.66. The van der Waals surface area contributed by atoms with Gasteiger partial charge in [0.05, 0.1) is 34.8 Å². The van der Waals surface area contributed by atoms with Gasteiger partial charge in [-0.05, 0) is 68.7 Å². The van der Waals surface area contributed by atoms with Crippen molar-refractivity contribution < 1.29 is 23.6 Å². The molecule has 11 heteroatoms. The van der Waals surface area contributed by atoms with Crippen LogP contribution in [0.2, 0.25) is 0 Å². The molecule has 4 heterocycles. The lowest BCUT2D eigenvalue weighted by molar-refractivity contribution is -0.136. The highest BCUT2D eigenvalue weighted by Gasteiger charge is 2.46. The molecule has 4 aliphatic rings. The number of halogens is 1. The number of nitrogens with zero attached hydrogens (tertiary/aromatic N) is 4. The first-order valence-corrected chi connectivity index (χ1v) is 14.1. The number of rotatable bonds is 7. The first-order valence-electron chi connectivity index (χ1n) is 14.1. The Labute approximate surface area is 235 Å². The van der Waals surface area contributed by atoms with Crippen molar-refractivity contribution in [2.45, 2.75) is 63.5 Å². The van der Waals surface area contributed by atoms with E-state index in [2.05, 4.69) is 15.6 Å². The molecule has 2 aromatic heterocycles. The van der Waals surface area contributed by atoms with Gasteiger partial charge >= 0.3 is 0 Å². The van der Waals surface area contributed by atoms with E-state index < -0.39 is 29.7 Å². The van der Waals surface area contributed by atoms with Crippen molar-refractivity contribution in [1.29, 1.82) is 0 Å². The summed E-state index contributed by atoms with van der Waals surface area (Å²) >= 11 is 0. The van der Waals surface area contributed by atoms with Crippen molar-refractivity contribution in [1.82, 2.24) is 25.0 Å². The van der Waals surface area contributed by atoms with E-state index in [0.717, 1.165) is 53.1 Å². The lowest BCUT2D eigenvalue weighted by Gasteiger charge is -2.36. The molecule has 0 spiro atoms. The van der Waals surface area contributed by atoms with Gasteiger partial charge in [0, 0.05) is 36.3 Å². The van der Waals surface area contributed by atoms with Crippen molar-refractivity contribution in [3.05, 3.63) is 64.9 Å². The zero-order valence-corrected chi connectivity index (χ0v) is 22.5. The third-order valence-corrected chi connectivity index (χ3v) is 8.66. The van der Waals surface area contributed by atoms with Gasteiger partial charge in [-0.1, -0.05) is 6.07 Å². The van der Waals surface area contributed by atoms with E-state index in [1.807, 2.05) is 17.8 Å². The number of anilines is 1. The van der Waals surface area contributed by atoms with Crippen LogP contribution in [0.5, 0.6) is 0 Å². The number of hydrogen-bond acceptors (Lipinski definition) is 7. The molecule has 7 rings (SSSR count). The maximum absolute atomic E-state index is 13.7. The summed E-state index contributed by atoms with van der Waals surface area (Å²) in [6.45, 7) is 2.49. The van der Waals surface area contributed by atoms with Crippen LogP contribution < -0.4 is 10.6 Å². The lowest BCUT2D eigenvalue weighted by Crippen LogP contribution is -2.54. The number of benzene rings is 1. The van der Waals surface area contributed by atoms with Crippen LogP contribution in [0.4, 0.5) is 10.1 Å². The van der Waals surface area contributed by atoms with Crippen LogP contribution >= 0.6 is 0 Å². The smallest absolute Gasteiger partial charge is 0.264 e. The normalized spacial score (nSPS) is 23.9. The maximum atomic E-state index is 13.7. The number of fused-ring (bicyclic) bond motifs is 1. The van der Waals surface area contributed by atoms with Gasteiger partial charge < -0.3 is 5.32 Å². The van der Waals surface area contributed by atoms with Gasteiger partial charge in [-0.3, -0.25) is 39.1 Å². The Kier molecular flexibility index (Phi) is 5.98. The Morgan fingerprint density at radius 1 is 1.07 bits per heavy atom. The summed E-state index contributed by atoms with van der Waals surface area (Å²) in [6.07, 6.45) is 7.51. The Bertz CT molecular complexity index is 1620. The summed E-state index contributed by atoms with van der Waals surface area (Å²) in [5, 5.41) is 10.5. The molecule has 41 heavy (non-hydrogen) atoms. The van der Waals surface area contributed by atoms with Crippen molar-refractivity contribution >= 4 is 29.3 Å². The van der Waals surface area contributed by atoms with Gasteiger partial charge in [-0.2, -0.15) is 5.10 Å². The molecule has 2 aliphatic carbocycles. The van der Waals surface area contributed by atoms with E-state index in [9.17, 15) is 23.6 Å². The van der Waals surface area contributed by atoms with Crippen molar-refractivity contribution in [3.8, 4) is 11.3 Å². The summed E-state index contributed by atoms with van der Waals surface area (Å²) in [5.74, 6) is -1.63. The average molecular weight is 557 g/mol. The summed E-state index contributed by atoms with van der Waals surface area (Å²) in [4.78, 5) is 55.7. The number of carbonyl (C=O) groups excluding carboxylic acids is 4. The molecular weight excluding hydrogens is 527 g/mol. The topological polar surface area (TPSA) is 126 Å². The van der Waals surface area contributed by atoms with Crippen molar-refractivity contribution in [2.24, 2.45) is 5.92 Å². The molecule has 1 saturated heterocycles. The molecule has 1 atom stereocenters. The summed E-state index contributed by atoms with van der Waals surface area (Å²) in [5.41, 5.74) is 4.69. The Balaban J connectivity index is 1.03. The summed E-state index contributed by atoms with van der Waals surface area (Å²) in [6, 6.07) is 5.84. The van der Waals surface area contributed by atoms with E-state index >= 15 is 0 Å². The number of amides is 4. The zero-order chi connectivity index (χ0) is 28.4. The van der Waals surface area contributed by atoms with Gasteiger partial charge in [0.1, 0.15) is 11.9 Å². The molecule has 4 amide bonds. The van der Waals surface area contributed by atoms with Crippen LogP contribution in [-0.4, -0.2) is 55.9 Å². The minimum atomic E-state index is -0.992. The molecule has 1 unspecified atom stereocenters. The van der Waals surface area contributed by atoms with E-state index in [0.29, 0.717) is 24.1 Å².